The van der Waals surface area contributed by atoms with Crippen LogP contribution in [0.15, 0.2) is 48.5 Å². The summed E-state index contributed by atoms with van der Waals surface area (Å²) in [5.41, 5.74) is 8.65. The van der Waals surface area contributed by atoms with Crippen molar-refractivity contribution in [3.8, 4) is 11.4 Å². The van der Waals surface area contributed by atoms with Crippen molar-refractivity contribution < 1.29 is 9.53 Å². The van der Waals surface area contributed by atoms with Crippen LogP contribution < -0.4 is 15.0 Å². The smallest absolute Gasteiger partial charge is 0.262 e. The Morgan fingerprint density at radius 3 is 2.23 bits per heavy atom. The predicted octanol–water partition coefficient (Wildman–Crippen LogP) is 5.52. The number of carbonyl (C=O) groups excluding carboxylic acids is 1. The van der Waals surface area contributed by atoms with E-state index in [-0.39, 0.29) is 12.5 Å². The number of aromatic nitrogens is 3. The standard InChI is InChI=1S/C28H33N5O2/c1-7-32(8-2)22-10-12-27(21(6)13-22)33-30-25-15-20(5)24(16-26(25)31-33)29-28(34)17-35-23-11-9-18(3)19(4)14-23/h9-16H,7-8,17H2,1-6H3,(H,29,34). The van der Waals surface area contributed by atoms with Crippen LogP contribution in [0.1, 0.15) is 36.1 Å². The van der Waals surface area contributed by atoms with Crippen LogP contribution in [-0.4, -0.2) is 40.6 Å². The van der Waals surface area contributed by atoms with Gasteiger partial charge in [0.2, 0.25) is 0 Å². The zero-order valence-electron chi connectivity index (χ0n) is 21.3. The number of hydrogen-bond acceptors (Lipinski definition) is 5. The van der Waals surface area contributed by atoms with E-state index in [1.807, 2.05) is 51.1 Å². The first-order valence-corrected chi connectivity index (χ1v) is 12.0. The predicted molar refractivity (Wildman–Crippen MR) is 142 cm³/mol. The highest BCUT2D eigenvalue weighted by atomic mass is 16.5. The first kappa shape index (κ1) is 24.3. The molecule has 7 heteroatoms. The summed E-state index contributed by atoms with van der Waals surface area (Å²) in [5, 5.41) is 12.3. The molecule has 0 aliphatic heterocycles. The molecule has 0 bridgehead atoms. The number of nitrogens with one attached hydrogen (secondary N) is 1. The molecule has 0 atom stereocenters. The minimum Gasteiger partial charge on any atom is -0.484 e. The van der Waals surface area contributed by atoms with Gasteiger partial charge in [-0.15, -0.1) is 10.2 Å². The number of amides is 1. The molecule has 182 valence electrons. The van der Waals surface area contributed by atoms with E-state index in [2.05, 4.69) is 59.4 Å². The molecule has 0 saturated heterocycles. The second kappa shape index (κ2) is 10.2. The van der Waals surface area contributed by atoms with Gasteiger partial charge in [-0.2, -0.15) is 4.80 Å². The molecule has 35 heavy (non-hydrogen) atoms. The highest BCUT2D eigenvalue weighted by Crippen LogP contribution is 2.25. The van der Waals surface area contributed by atoms with Crippen molar-refractivity contribution in [1.82, 2.24) is 15.0 Å². The van der Waals surface area contributed by atoms with Crippen LogP contribution in [0.2, 0.25) is 0 Å². The van der Waals surface area contributed by atoms with Gasteiger partial charge in [0.25, 0.3) is 5.91 Å². The topological polar surface area (TPSA) is 72.3 Å². The molecule has 0 fully saturated rings. The summed E-state index contributed by atoms with van der Waals surface area (Å²) >= 11 is 0. The lowest BCUT2D eigenvalue weighted by Gasteiger charge is -2.22. The maximum atomic E-state index is 12.6. The number of benzene rings is 3. The average Bonchev–Trinajstić information content (AvgIpc) is 3.23. The molecular weight excluding hydrogens is 438 g/mol. The van der Waals surface area contributed by atoms with E-state index in [0.717, 1.165) is 41.0 Å². The van der Waals surface area contributed by atoms with Gasteiger partial charge in [0.05, 0.1) is 5.69 Å². The Labute approximate surface area is 206 Å². The van der Waals surface area contributed by atoms with Crippen LogP contribution in [0, 0.1) is 27.7 Å². The molecule has 4 rings (SSSR count). The third-order valence-corrected chi connectivity index (χ3v) is 6.37. The average molecular weight is 472 g/mol. The second-order valence-electron chi connectivity index (χ2n) is 8.87. The Balaban J connectivity index is 1.51. The molecule has 4 aromatic rings. The summed E-state index contributed by atoms with van der Waals surface area (Å²) in [7, 11) is 0. The molecular formula is C28H33N5O2. The minimum absolute atomic E-state index is 0.0647. The number of anilines is 2. The molecule has 0 spiro atoms. The summed E-state index contributed by atoms with van der Waals surface area (Å²) in [4.78, 5) is 16.5. The van der Waals surface area contributed by atoms with Crippen molar-refractivity contribution in [1.29, 1.82) is 0 Å². The van der Waals surface area contributed by atoms with E-state index >= 15 is 0 Å². The Kier molecular flexibility index (Phi) is 7.05. The lowest BCUT2D eigenvalue weighted by atomic mass is 10.1. The first-order valence-electron chi connectivity index (χ1n) is 12.0. The number of carbonyl (C=O) groups is 1. The zero-order chi connectivity index (χ0) is 25.1. The fourth-order valence-corrected chi connectivity index (χ4v) is 4.10. The molecule has 1 amide bonds. The molecule has 1 N–H and O–H groups in total. The van der Waals surface area contributed by atoms with Crippen LogP contribution in [-0.2, 0) is 4.79 Å². The maximum absolute atomic E-state index is 12.6. The SMILES string of the molecule is CCN(CC)c1ccc(-n2nc3cc(C)c(NC(=O)COc4ccc(C)c(C)c4)cc3n2)c(C)c1. The normalized spacial score (nSPS) is 11.0. The zero-order valence-corrected chi connectivity index (χ0v) is 21.3. The number of aryl methyl sites for hydroxylation is 4. The molecule has 7 nitrogen and oxygen atoms in total. The van der Waals surface area contributed by atoms with Crippen molar-refractivity contribution >= 4 is 28.3 Å². The van der Waals surface area contributed by atoms with Crippen molar-refractivity contribution in [3.63, 3.8) is 0 Å². The lowest BCUT2D eigenvalue weighted by molar-refractivity contribution is -0.118. The molecule has 0 radical (unpaired) electrons. The van der Waals surface area contributed by atoms with Gasteiger partial charge >= 0.3 is 0 Å². The highest BCUT2D eigenvalue weighted by Gasteiger charge is 2.13. The van der Waals surface area contributed by atoms with E-state index in [9.17, 15) is 4.79 Å². The molecule has 0 aliphatic carbocycles. The monoisotopic (exact) mass is 471 g/mol. The molecule has 1 heterocycles. The van der Waals surface area contributed by atoms with Crippen LogP contribution >= 0.6 is 0 Å². The van der Waals surface area contributed by atoms with Crippen molar-refractivity contribution in [2.45, 2.75) is 41.5 Å². The van der Waals surface area contributed by atoms with Gasteiger partial charge in [-0.1, -0.05) is 6.07 Å². The van der Waals surface area contributed by atoms with E-state index < -0.39 is 0 Å². The maximum Gasteiger partial charge on any atom is 0.262 e. The van der Waals surface area contributed by atoms with E-state index in [1.165, 1.54) is 11.3 Å². The number of nitrogens with zero attached hydrogens (tertiary/aromatic N) is 4. The van der Waals surface area contributed by atoms with Crippen LogP contribution in [0.25, 0.3) is 16.7 Å². The summed E-state index contributed by atoms with van der Waals surface area (Å²) in [6.45, 7) is 14.3. The largest absolute Gasteiger partial charge is 0.484 e. The first-order chi connectivity index (χ1) is 16.8. The fraction of sp³-hybridized carbons (Fsp3) is 0.321. The van der Waals surface area contributed by atoms with Crippen LogP contribution in [0.3, 0.4) is 0 Å². The molecule has 3 aromatic carbocycles. The summed E-state index contributed by atoms with van der Waals surface area (Å²) in [6.07, 6.45) is 0. The Morgan fingerprint density at radius 1 is 0.857 bits per heavy atom. The van der Waals surface area contributed by atoms with Crippen LogP contribution in [0.4, 0.5) is 11.4 Å². The second-order valence-corrected chi connectivity index (χ2v) is 8.87. The summed E-state index contributed by atoms with van der Waals surface area (Å²) in [6, 6.07) is 15.9. The fourth-order valence-electron chi connectivity index (χ4n) is 4.10. The molecule has 1 aromatic heterocycles. The minimum atomic E-state index is -0.221. The van der Waals surface area contributed by atoms with Gasteiger partial charge in [0.1, 0.15) is 16.8 Å². The van der Waals surface area contributed by atoms with Gasteiger partial charge in [-0.3, -0.25) is 4.79 Å². The molecule has 0 unspecified atom stereocenters. The lowest BCUT2D eigenvalue weighted by Crippen LogP contribution is -2.21. The number of rotatable bonds is 8. The van der Waals surface area contributed by atoms with Gasteiger partial charge in [0, 0.05) is 24.5 Å². The van der Waals surface area contributed by atoms with Crippen molar-refractivity contribution in [2.24, 2.45) is 0 Å². The summed E-state index contributed by atoms with van der Waals surface area (Å²) < 4.78 is 5.67. The van der Waals surface area contributed by atoms with Gasteiger partial charge in [-0.25, -0.2) is 0 Å². The molecule has 0 saturated carbocycles. The Hall–Kier alpha value is -3.87. The third-order valence-electron chi connectivity index (χ3n) is 6.37. The number of ether oxygens (including phenoxy) is 1. The van der Waals surface area contributed by atoms with E-state index in [4.69, 9.17) is 4.74 Å². The van der Waals surface area contributed by atoms with Gasteiger partial charge < -0.3 is 15.0 Å². The number of fused-ring (bicyclic) bond motifs is 1. The van der Waals surface area contributed by atoms with Crippen molar-refractivity contribution in [2.75, 3.05) is 29.9 Å². The number of hydrogen-bond donors (Lipinski definition) is 1. The van der Waals surface area contributed by atoms with E-state index in [1.54, 1.807) is 4.80 Å². The Bertz CT molecular complexity index is 1370. The molecule has 0 aliphatic rings. The highest BCUT2D eigenvalue weighted by molar-refractivity contribution is 5.95. The van der Waals surface area contributed by atoms with Gasteiger partial charge in [-0.05, 0) is 106 Å². The van der Waals surface area contributed by atoms with Crippen LogP contribution in [0.5, 0.6) is 5.75 Å². The van der Waals surface area contributed by atoms with Crippen molar-refractivity contribution in [3.05, 3.63) is 70.8 Å². The Morgan fingerprint density at radius 2 is 1.57 bits per heavy atom. The van der Waals surface area contributed by atoms with E-state index in [0.29, 0.717) is 17.0 Å². The van der Waals surface area contributed by atoms with Gasteiger partial charge in [0.15, 0.2) is 6.61 Å². The summed E-state index contributed by atoms with van der Waals surface area (Å²) in [5.74, 6) is 0.460. The quantitative estimate of drug-likeness (QED) is 0.366. The third kappa shape index (κ3) is 5.29.